The number of nitrogens with two attached hydrogens (primary N) is 1. The molecule has 1 aromatic carbocycles. The van der Waals surface area contributed by atoms with Crippen LogP contribution in [-0.4, -0.2) is 78.5 Å². The Kier molecular flexibility index (Phi) is 7.19. The maximum atomic E-state index is 11.4. The average Bonchev–Trinajstić information content (AvgIpc) is 2.79. The number of rotatable bonds is 8. The molecule has 0 unspecified atom stereocenters. The zero-order valence-electron chi connectivity index (χ0n) is 18.5. The summed E-state index contributed by atoms with van der Waals surface area (Å²) in [5.41, 5.74) is 6.40. The van der Waals surface area contributed by atoms with Gasteiger partial charge in [-0.3, -0.25) is 9.69 Å². The quantitative estimate of drug-likeness (QED) is 0.595. The minimum absolute atomic E-state index is 0.0456. The van der Waals surface area contributed by atoms with E-state index in [1.807, 2.05) is 18.2 Å². The number of fused-ring (bicyclic) bond motifs is 1. The lowest BCUT2D eigenvalue weighted by Crippen LogP contribution is -2.45. The van der Waals surface area contributed by atoms with Gasteiger partial charge in [0.05, 0.1) is 5.52 Å². The third-order valence-electron chi connectivity index (χ3n) is 6.72. The van der Waals surface area contributed by atoms with Gasteiger partial charge in [0.15, 0.2) is 0 Å². The number of hydrogen-bond acceptors (Lipinski definition) is 7. The standard InChI is InChI=1S/C23H35N7O/c1-29-12-14-30(15-13-29)11-10-25-22-19-4-2-3-5-20(19)27-23(28-22)26-16-17-6-8-18(9-7-17)21(24)31/h2-5,17-18H,6-16H2,1H3,(H2,24,31)(H2,25,26,27,28). The fraction of sp³-hybridized carbons (Fsp3) is 0.609. The number of aromatic nitrogens is 2. The third kappa shape index (κ3) is 5.83. The van der Waals surface area contributed by atoms with Crippen molar-refractivity contribution in [3.63, 3.8) is 0 Å². The molecular formula is C23H35N7O. The van der Waals surface area contributed by atoms with Gasteiger partial charge in [-0.05, 0) is 50.8 Å². The normalized spacial score (nSPS) is 23.0. The highest BCUT2D eigenvalue weighted by Crippen LogP contribution is 2.29. The van der Waals surface area contributed by atoms with E-state index >= 15 is 0 Å². The molecule has 2 heterocycles. The van der Waals surface area contributed by atoms with E-state index in [1.165, 1.54) is 0 Å². The van der Waals surface area contributed by atoms with Crippen LogP contribution in [0.15, 0.2) is 24.3 Å². The second kappa shape index (κ2) is 10.2. The molecule has 1 saturated heterocycles. The Balaban J connectivity index is 1.35. The summed E-state index contributed by atoms with van der Waals surface area (Å²) in [6.07, 6.45) is 3.81. The number of hydrogen-bond donors (Lipinski definition) is 3. The Morgan fingerprint density at radius 3 is 2.55 bits per heavy atom. The van der Waals surface area contributed by atoms with E-state index in [0.29, 0.717) is 11.9 Å². The van der Waals surface area contributed by atoms with Crippen LogP contribution < -0.4 is 16.4 Å². The van der Waals surface area contributed by atoms with Crippen LogP contribution >= 0.6 is 0 Å². The molecule has 1 aromatic heterocycles. The molecule has 1 amide bonds. The van der Waals surface area contributed by atoms with E-state index in [1.54, 1.807) is 0 Å². The number of nitrogens with zero attached hydrogens (tertiary/aromatic N) is 4. The number of piperazine rings is 1. The van der Waals surface area contributed by atoms with Gasteiger partial charge in [-0.2, -0.15) is 4.98 Å². The first-order chi connectivity index (χ1) is 15.1. The molecule has 4 N–H and O–H groups in total. The van der Waals surface area contributed by atoms with E-state index < -0.39 is 0 Å². The highest BCUT2D eigenvalue weighted by Gasteiger charge is 2.24. The van der Waals surface area contributed by atoms with Crippen LogP contribution in [0.1, 0.15) is 25.7 Å². The maximum Gasteiger partial charge on any atom is 0.225 e. The van der Waals surface area contributed by atoms with E-state index in [0.717, 1.165) is 88.2 Å². The summed E-state index contributed by atoms with van der Waals surface area (Å²) < 4.78 is 0. The number of benzene rings is 1. The lowest BCUT2D eigenvalue weighted by atomic mass is 9.82. The Bertz CT molecular complexity index is 873. The van der Waals surface area contributed by atoms with Crippen molar-refractivity contribution in [1.29, 1.82) is 0 Å². The number of amides is 1. The number of para-hydroxylation sites is 1. The van der Waals surface area contributed by atoms with Gasteiger partial charge in [-0.15, -0.1) is 0 Å². The van der Waals surface area contributed by atoms with Crippen LogP contribution in [0.2, 0.25) is 0 Å². The van der Waals surface area contributed by atoms with Crippen LogP contribution in [0, 0.1) is 11.8 Å². The predicted octanol–water partition coefficient (Wildman–Crippen LogP) is 1.99. The highest BCUT2D eigenvalue weighted by atomic mass is 16.1. The minimum atomic E-state index is -0.156. The van der Waals surface area contributed by atoms with Crippen molar-refractivity contribution in [3.8, 4) is 0 Å². The molecule has 8 heteroatoms. The summed E-state index contributed by atoms with van der Waals surface area (Å²) in [5.74, 6) is 1.97. The van der Waals surface area contributed by atoms with Gasteiger partial charge in [0, 0.05) is 57.1 Å². The van der Waals surface area contributed by atoms with Crippen LogP contribution in [0.25, 0.3) is 10.9 Å². The molecule has 168 valence electrons. The molecular weight excluding hydrogens is 390 g/mol. The van der Waals surface area contributed by atoms with Gasteiger partial charge >= 0.3 is 0 Å². The van der Waals surface area contributed by atoms with Crippen molar-refractivity contribution >= 4 is 28.6 Å². The molecule has 0 atom stereocenters. The van der Waals surface area contributed by atoms with E-state index in [9.17, 15) is 4.79 Å². The first-order valence-corrected chi connectivity index (χ1v) is 11.5. The summed E-state index contributed by atoms with van der Waals surface area (Å²) in [6, 6.07) is 8.15. The number of likely N-dealkylation sites (N-methyl/N-ethyl adjacent to an activating group) is 1. The predicted molar refractivity (Wildman–Crippen MR) is 125 cm³/mol. The number of carbonyl (C=O) groups is 1. The maximum absolute atomic E-state index is 11.4. The molecule has 4 rings (SSSR count). The fourth-order valence-electron chi connectivity index (χ4n) is 4.58. The number of carbonyl (C=O) groups excluding carboxylic acids is 1. The zero-order valence-corrected chi connectivity index (χ0v) is 18.5. The minimum Gasteiger partial charge on any atom is -0.369 e. The van der Waals surface area contributed by atoms with Gasteiger partial charge in [0.25, 0.3) is 0 Å². The number of primary amides is 1. The van der Waals surface area contributed by atoms with Gasteiger partial charge in [-0.25, -0.2) is 4.98 Å². The molecule has 0 spiro atoms. The van der Waals surface area contributed by atoms with Crippen LogP contribution in [0.5, 0.6) is 0 Å². The van der Waals surface area contributed by atoms with Crippen LogP contribution in [-0.2, 0) is 4.79 Å². The largest absolute Gasteiger partial charge is 0.369 e. The highest BCUT2D eigenvalue weighted by molar-refractivity contribution is 5.90. The van der Waals surface area contributed by atoms with E-state index in [-0.39, 0.29) is 11.8 Å². The average molecular weight is 426 g/mol. The zero-order chi connectivity index (χ0) is 21.6. The number of nitrogens with one attached hydrogen (secondary N) is 2. The smallest absolute Gasteiger partial charge is 0.225 e. The molecule has 2 aliphatic rings. The molecule has 1 aliphatic heterocycles. The molecule has 2 fully saturated rings. The lowest BCUT2D eigenvalue weighted by Gasteiger charge is -2.32. The van der Waals surface area contributed by atoms with Gasteiger partial charge < -0.3 is 21.3 Å². The SMILES string of the molecule is CN1CCN(CCNc2nc(NCC3CCC(C(N)=O)CC3)nc3ccccc23)CC1. The first kappa shape index (κ1) is 21.8. The Morgan fingerprint density at radius 2 is 1.81 bits per heavy atom. The van der Waals surface area contributed by atoms with Crippen molar-refractivity contribution in [3.05, 3.63) is 24.3 Å². The van der Waals surface area contributed by atoms with Crippen molar-refractivity contribution in [1.82, 2.24) is 19.8 Å². The summed E-state index contributed by atoms with van der Waals surface area (Å²) in [7, 11) is 2.18. The molecule has 1 aliphatic carbocycles. The van der Waals surface area contributed by atoms with Crippen molar-refractivity contribution < 1.29 is 4.79 Å². The Morgan fingerprint density at radius 1 is 1.06 bits per heavy atom. The third-order valence-corrected chi connectivity index (χ3v) is 6.72. The van der Waals surface area contributed by atoms with E-state index in [4.69, 9.17) is 15.7 Å². The monoisotopic (exact) mass is 425 g/mol. The second-order valence-electron chi connectivity index (χ2n) is 8.99. The van der Waals surface area contributed by atoms with Crippen molar-refractivity contribution in [2.45, 2.75) is 25.7 Å². The van der Waals surface area contributed by atoms with Crippen LogP contribution in [0.3, 0.4) is 0 Å². The lowest BCUT2D eigenvalue weighted by molar-refractivity contribution is -0.122. The molecule has 0 bridgehead atoms. The topological polar surface area (TPSA) is 99.4 Å². The molecule has 31 heavy (non-hydrogen) atoms. The fourth-order valence-corrected chi connectivity index (χ4v) is 4.58. The second-order valence-corrected chi connectivity index (χ2v) is 8.99. The van der Waals surface area contributed by atoms with Gasteiger partial charge in [-0.1, -0.05) is 12.1 Å². The van der Waals surface area contributed by atoms with Crippen LogP contribution in [0.4, 0.5) is 11.8 Å². The molecule has 8 nitrogen and oxygen atoms in total. The van der Waals surface area contributed by atoms with Crippen molar-refractivity contribution in [2.24, 2.45) is 17.6 Å². The Labute approximate surface area is 184 Å². The van der Waals surface area contributed by atoms with Gasteiger partial charge in [0.2, 0.25) is 11.9 Å². The molecule has 1 saturated carbocycles. The summed E-state index contributed by atoms with van der Waals surface area (Å²) >= 11 is 0. The number of anilines is 2. The van der Waals surface area contributed by atoms with Crippen molar-refractivity contribution in [2.75, 3.05) is 63.5 Å². The summed E-state index contributed by atoms with van der Waals surface area (Å²) in [4.78, 5) is 25.8. The molecule has 0 radical (unpaired) electrons. The van der Waals surface area contributed by atoms with Gasteiger partial charge in [0.1, 0.15) is 5.82 Å². The summed E-state index contributed by atoms with van der Waals surface area (Å²) in [5, 5.41) is 8.04. The summed E-state index contributed by atoms with van der Waals surface area (Å²) in [6.45, 7) is 7.20. The van der Waals surface area contributed by atoms with E-state index in [2.05, 4.69) is 33.5 Å². The first-order valence-electron chi connectivity index (χ1n) is 11.5. The molecule has 2 aromatic rings. The Hall–Kier alpha value is -2.45.